The highest BCUT2D eigenvalue weighted by atomic mass is 16.5. The Morgan fingerprint density at radius 2 is 2.00 bits per heavy atom. The highest BCUT2D eigenvalue weighted by molar-refractivity contribution is 5.91. The molecule has 0 spiro atoms. The summed E-state index contributed by atoms with van der Waals surface area (Å²) in [5, 5.41) is 8.38. The van der Waals surface area contributed by atoms with Crippen LogP contribution in [0.1, 0.15) is 16.1 Å². The van der Waals surface area contributed by atoms with Gasteiger partial charge in [0.15, 0.2) is 6.61 Å². The lowest BCUT2D eigenvalue weighted by Gasteiger charge is -2.06. The lowest BCUT2D eigenvalue weighted by atomic mass is 10.1. The molecule has 0 aliphatic carbocycles. The Balaban J connectivity index is 2.28. The minimum atomic E-state index is -0.522. The number of benzene rings is 1. The molecule has 1 aromatic heterocycles. The summed E-state index contributed by atoms with van der Waals surface area (Å²) in [7, 11) is 0. The Hall–Kier alpha value is -2.67. The molecule has 0 atom stereocenters. The molecule has 0 bridgehead atoms. The number of carbonyl (C=O) groups excluding carboxylic acids is 1. The minimum absolute atomic E-state index is 0.251. The lowest BCUT2D eigenvalue weighted by Crippen LogP contribution is -2.08. The van der Waals surface area contributed by atoms with Crippen molar-refractivity contribution < 1.29 is 9.53 Å². The topological polar surface area (TPSA) is 63.0 Å². The van der Waals surface area contributed by atoms with Gasteiger partial charge in [-0.3, -0.25) is 4.98 Å². The van der Waals surface area contributed by atoms with Crippen LogP contribution in [0.25, 0.3) is 11.3 Å². The number of esters is 1. The van der Waals surface area contributed by atoms with Crippen LogP contribution in [0, 0.1) is 18.3 Å². The highest BCUT2D eigenvalue weighted by Gasteiger charge is 2.12. The van der Waals surface area contributed by atoms with Crippen LogP contribution in [0.2, 0.25) is 0 Å². The van der Waals surface area contributed by atoms with E-state index in [1.54, 1.807) is 25.1 Å². The fourth-order valence-corrected chi connectivity index (χ4v) is 1.72. The number of aromatic nitrogens is 1. The number of ether oxygens (including phenoxy) is 1. The molecule has 0 saturated carbocycles. The summed E-state index contributed by atoms with van der Waals surface area (Å²) in [6.45, 7) is 1.49. The Morgan fingerprint density at radius 1 is 1.26 bits per heavy atom. The van der Waals surface area contributed by atoms with Gasteiger partial charge in [0.25, 0.3) is 0 Å². The Morgan fingerprint density at radius 3 is 2.63 bits per heavy atom. The van der Waals surface area contributed by atoms with Gasteiger partial charge >= 0.3 is 5.97 Å². The van der Waals surface area contributed by atoms with E-state index in [0.29, 0.717) is 11.3 Å². The predicted molar refractivity (Wildman–Crippen MR) is 70.3 cm³/mol. The molecular weight excluding hydrogens is 240 g/mol. The first-order valence-electron chi connectivity index (χ1n) is 5.79. The van der Waals surface area contributed by atoms with Crippen molar-refractivity contribution in [2.24, 2.45) is 0 Å². The predicted octanol–water partition coefficient (Wildman–Crippen LogP) is 2.74. The van der Waals surface area contributed by atoms with Gasteiger partial charge in [0, 0.05) is 5.56 Å². The second-order valence-electron chi connectivity index (χ2n) is 3.93. The molecule has 0 fully saturated rings. The van der Waals surface area contributed by atoms with E-state index in [9.17, 15) is 4.79 Å². The van der Waals surface area contributed by atoms with Crippen molar-refractivity contribution in [2.45, 2.75) is 6.92 Å². The SMILES string of the molecule is Cc1nc(-c2ccccc2)ccc1C(=O)OCC#N. The van der Waals surface area contributed by atoms with Crippen LogP contribution in [-0.4, -0.2) is 17.6 Å². The summed E-state index contributed by atoms with van der Waals surface area (Å²) in [4.78, 5) is 16.0. The molecule has 0 N–H and O–H groups in total. The Labute approximate surface area is 111 Å². The van der Waals surface area contributed by atoms with Crippen LogP contribution >= 0.6 is 0 Å². The minimum Gasteiger partial charge on any atom is -0.447 e. The number of aryl methyl sites for hydroxylation is 1. The van der Waals surface area contributed by atoms with Gasteiger partial charge in [0.1, 0.15) is 6.07 Å². The number of hydrogen-bond donors (Lipinski definition) is 0. The molecule has 0 saturated heterocycles. The summed E-state index contributed by atoms with van der Waals surface area (Å²) in [5.74, 6) is -0.522. The number of hydrogen-bond acceptors (Lipinski definition) is 4. The lowest BCUT2D eigenvalue weighted by molar-refractivity contribution is 0.0553. The van der Waals surface area contributed by atoms with Gasteiger partial charge in [-0.25, -0.2) is 4.79 Å². The summed E-state index contributed by atoms with van der Waals surface area (Å²) < 4.78 is 4.76. The van der Waals surface area contributed by atoms with E-state index in [1.807, 2.05) is 30.3 Å². The van der Waals surface area contributed by atoms with Crippen LogP contribution in [0.5, 0.6) is 0 Å². The maximum Gasteiger partial charge on any atom is 0.341 e. The third-order valence-electron chi connectivity index (χ3n) is 2.64. The number of carbonyl (C=O) groups is 1. The molecule has 94 valence electrons. The normalized spacial score (nSPS) is 9.68. The van der Waals surface area contributed by atoms with E-state index in [-0.39, 0.29) is 6.61 Å². The third kappa shape index (κ3) is 2.96. The van der Waals surface area contributed by atoms with Gasteiger partial charge in [-0.2, -0.15) is 5.26 Å². The zero-order valence-corrected chi connectivity index (χ0v) is 10.5. The van der Waals surface area contributed by atoms with Crippen molar-refractivity contribution >= 4 is 5.97 Å². The second kappa shape index (κ2) is 5.78. The molecule has 0 aliphatic heterocycles. The number of rotatable bonds is 3. The summed E-state index contributed by atoms with van der Waals surface area (Å²) in [5.41, 5.74) is 2.76. The fraction of sp³-hybridized carbons (Fsp3) is 0.133. The molecule has 0 radical (unpaired) electrons. The van der Waals surface area contributed by atoms with Gasteiger partial charge < -0.3 is 4.74 Å². The molecule has 2 rings (SSSR count). The van der Waals surface area contributed by atoms with Crippen LogP contribution in [0.15, 0.2) is 42.5 Å². The zero-order valence-electron chi connectivity index (χ0n) is 10.5. The number of nitrogens with zero attached hydrogens (tertiary/aromatic N) is 2. The van der Waals surface area contributed by atoms with Crippen molar-refractivity contribution in [1.82, 2.24) is 4.98 Å². The van der Waals surface area contributed by atoms with Crippen molar-refractivity contribution in [3.63, 3.8) is 0 Å². The molecule has 19 heavy (non-hydrogen) atoms. The van der Waals surface area contributed by atoms with E-state index in [1.165, 1.54) is 0 Å². The van der Waals surface area contributed by atoms with E-state index in [4.69, 9.17) is 10.00 Å². The maximum atomic E-state index is 11.7. The first-order valence-corrected chi connectivity index (χ1v) is 5.79. The smallest absolute Gasteiger partial charge is 0.341 e. The van der Waals surface area contributed by atoms with Crippen LogP contribution in [0.4, 0.5) is 0 Å². The first kappa shape index (κ1) is 12.8. The maximum absolute atomic E-state index is 11.7. The van der Waals surface area contributed by atoms with Crippen molar-refractivity contribution in [2.75, 3.05) is 6.61 Å². The molecule has 0 aliphatic rings. The standard InChI is InChI=1S/C15H12N2O2/c1-11-13(15(18)19-10-9-16)7-8-14(17-11)12-5-3-2-4-6-12/h2-8H,10H2,1H3. The number of pyridine rings is 1. The van der Waals surface area contributed by atoms with Gasteiger partial charge in [-0.05, 0) is 19.1 Å². The van der Waals surface area contributed by atoms with Gasteiger partial charge in [0.2, 0.25) is 0 Å². The zero-order chi connectivity index (χ0) is 13.7. The molecule has 0 amide bonds. The van der Waals surface area contributed by atoms with Gasteiger partial charge in [-0.15, -0.1) is 0 Å². The highest BCUT2D eigenvalue weighted by Crippen LogP contribution is 2.18. The molecular formula is C15H12N2O2. The molecule has 1 heterocycles. The summed E-state index contributed by atoms with van der Waals surface area (Å²) in [6, 6.07) is 14.9. The van der Waals surface area contributed by atoms with Crippen molar-refractivity contribution in [3.05, 3.63) is 53.7 Å². The van der Waals surface area contributed by atoms with Crippen LogP contribution in [-0.2, 0) is 4.74 Å². The second-order valence-corrected chi connectivity index (χ2v) is 3.93. The molecule has 2 aromatic rings. The largest absolute Gasteiger partial charge is 0.447 e. The average Bonchev–Trinajstić information content (AvgIpc) is 2.45. The quantitative estimate of drug-likeness (QED) is 0.788. The van der Waals surface area contributed by atoms with Gasteiger partial charge in [0.05, 0.1) is 17.0 Å². The van der Waals surface area contributed by atoms with E-state index < -0.39 is 5.97 Å². The molecule has 4 heteroatoms. The summed E-state index contributed by atoms with van der Waals surface area (Å²) >= 11 is 0. The number of nitriles is 1. The monoisotopic (exact) mass is 252 g/mol. The molecule has 0 unspecified atom stereocenters. The summed E-state index contributed by atoms with van der Waals surface area (Å²) in [6.07, 6.45) is 0. The van der Waals surface area contributed by atoms with Crippen LogP contribution < -0.4 is 0 Å². The van der Waals surface area contributed by atoms with E-state index in [2.05, 4.69) is 4.98 Å². The Bertz CT molecular complexity index is 630. The average molecular weight is 252 g/mol. The van der Waals surface area contributed by atoms with Crippen LogP contribution in [0.3, 0.4) is 0 Å². The third-order valence-corrected chi connectivity index (χ3v) is 2.64. The van der Waals surface area contributed by atoms with Crippen molar-refractivity contribution in [1.29, 1.82) is 5.26 Å². The Kier molecular flexibility index (Phi) is 3.89. The molecule has 4 nitrogen and oxygen atoms in total. The fourth-order valence-electron chi connectivity index (χ4n) is 1.72. The van der Waals surface area contributed by atoms with E-state index in [0.717, 1.165) is 11.3 Å². The van der Waals surface area contributed by atoms with Crippen molar-refractivity contribution in [3.8, 4) is 17.3 Å². The molecule has 1 aromatic carbocycles. The van der Waals surface area contributed by atoms with E-state index >= 15 is 0 Å². The van der Waals surface area contributed by atoms with Gasteiger partial charge in [-0.1, -0.05) is 30.3 Å². The first-order chi connectivity index (χ1) is 9.22.